The van der Waals surface area contributed by atoms with Gasteiger partial charge in [-0.3, -0.25) is 14.8 Å². The van der Waals surface area contributed by atoms with Crippen LogP contribution in [-0.4, -0.2) is 42.9 Å². The van der Waals surface area contributed by atoms with Gasteiger partial charge in [-0.25, -0.2) is 4.98 Å². The first-order valence-corrected chi connectivity index (χ1v) is 10.5. The lowest BCUT2D eigenvalue weighted by molar-refractivity contribution is 0.101. The SMILES string of the molecule is Br.C.CCO.NC(N)=S.Nc1nc(-c2ccccn2)cs1.O=C(CBr)c1ccccn1. The van der Waals surface area contributed by atoms with Crippen LogP contribution in [0.1, 0.15) is 24.8 Å². The molecular formula is C19H28Br2N6O2S2. The molecule has 0 saturated heterocycles. The highest BCUT2D eigenvalue weighted by atomic mass is 79.9. The fraction of sp³-hybridized carbons (Fsp3) is 0.211. The molecule has 0 atom stereocenters. The van der Waals surface area contributed by atoms with E-state index in [1.807, 2.05) is 23.6 Å². The topological polar surface area (TPSA) is 154 Å². The maximum absolute atomic E-state index is 10.9. The van der Waals surface area contributed by atoms with Gasteiger partial charge in [0, 0.05) is 24.4 Å². The van der Waals surface area contributed by atoms with Crippen LogP contribution in [0.5, 0.6) is 0 Å². The summed E-state index contributed by atoms with van der Waals surface area (Å²) in [5.74, 6) is 0.0144. The van der Waals surface area contributed by atoms with Crippen molar-refractivity contribution in [1.82, 2.24) is 15.0 Å². The molecule has 0 aliphatic rings. The minimum atomic E-state index is 0. The number of hydrogen-bond acceptors (Lipinski definition) is 8. The van der Waals surface area contributed by atoms with E-state index in [0.717, 1.165) is 11.4 Å². The Balaban J connectivity index is -0.000000376. The van der Waals surface area contributed by atoms with Crippen LogP contribution in [-0.2, 0) is 0 Å². The Kier molecular flexibility index (Phi) is 23.1. The van der Waals surface area contributed by atoms with Crippen molar-refractivity contribution in [2.24, 2.45) is 11.5 Å². The average molecular weight is 596 g/mol. The molecule has 0 bridgehead atoms. The number of aromatic nitrogens is 3. The van der Waals surface area contributed by atoms with Crippen molar-refractivity contribution >= 4 is 72.5 Å². The van der Waals surface area contributed by atoms with Gasteiger partial charge in [-0.2, -0.15) is 0 Å². The molecule has 3 rings (SSSR count). The number of carbonyl (C=O) groups is 1. The minimum absolute atomic E-state index is 0. The number of nitrogens with zero attached hydrogens (tertiary/aromatic N) is 3. The van der Waals surface area contributed by atoms with E-state index in [0.29, 0.717) is 16.2 Å². The van der Waals surface area contributed by atoms with Crippen molar-refractivity contribution in [3.63, 3.8) is 0 Å². The number of nitrogen functional groups attached to an aromatic ring is 1. The highest BCUT2D eigenvalue weighted by molar-refractivity contribution is 9.09. The molecule has 0 amide bonds. The van der Waals surface area contributed by atoms with Crippen molar-refractivity contribution in [2.45, 2.75) is 14.4 Å². The van der Waals surface area contributed by atoms with Crippen LogP contribution in [0, 0.1) is 0 Å². The minimum Gasteiger partial charge on any atom is -0.397 e. The van der Waals surface area contributed by atoms with Gasteiger partial charge in [0.25, 0.3) is 0 Å². The Morgan fingerprint density at radius 3 is 2.00 bits per heavy atom. The number of anilines is 1. The Bertz CT molecular complexity index is 836. The number of ketones is 1. The fourth-order valence-corrected chi connectivity index (χ4v) is 2.36. The third-order valence-electron chi connectivity index (χ3n) is 2.52. The number of hydrogen-bond donors (Lipinski definition) is 4. The summed E-state index contributed by atoms with van der Waals surface area (Å²) in [5, 5.41) is 10.4. The average Bonchev–Trinajstić information content (AvgIpc) is 3.16. The maximum atomic E-state index is 10.9. The largest absolute Gasteiger partial charge is 0.397 e. The first-order valence-electron chi connectivity index (χ1n) is 8.14. The van der Waals surface area contributed by atoms with Gasteiger partial charge in [0.2, 0.25) is 0 Å². The summed E-state index contributed by atoms with van der Waals surface area (Å²) in [7, 11) is 0. The third kappa shape index (κ3) is 17.4. The van der Waals surface area contributed by atoms with Crippen molar-refractivity contribution in [3.8, 4) is 11.4 Å². The number of aliphatic hydroxyl groups is 1. The van der Waals surface area contributed by atoms with Gasteiger partial charge in [-0.1, -0.05) is 35.5 Å². The lowest BCUT2D eigenvalue weighted by Crippen LogP contribution is -2.18. The quantitative estimate of drug-likeness (QED) is 0.201. The Morgan fingerprint density at radius 2 is 1.65 bits per heavy atom. The molecule has 31 heavy (non-hydrogen) atoms. The number of pyridine rings is 2. The van der Waals surface area contributed by atoms with E-state index in [1.54, 1.807) is 37.5 Å². The predicted molar refractivity (Wildman–Crippen MR) is 143 cm³/mol. The molecule has 12 heteroatoms. The van der Waals surface area contributed by atoms with E-state index >= 15 is 0 Å². The zero-order valence-electron chi connectivity index (χ0n) is 16.1. The van der Waals surface area contributed by atoms with Gasteiger partial charge in [-0.15, -0.1) is 28.3 Å². The Hall–Kier alpha value is -1.99. The van der Waals surface area contributed by atoms with E-state index < -0.39 is 0 Å². The zero-order chi connectivity index (χ0) is 22.1. The molecule has 0 aliphatic heterocycles. The van der Waals surface area contributed by atoms with Gasteiger partial charge in [0.1, 0.15) is 11.4 Å². The normalized spacial score (nSPS) is 8.23. The number of aliphatic hydroxyl groups excluding tert-OH is 1. The molecule has 3 heterocycles. The lowest BCUT2D eigenvalue weighted by Gasteiger charge is -1.91. The molecule has 7 N–H and O–H groups in total. The monoisotopic (exact) mass is 594 g/mol. The Morgan fingerprint density at radius 1 is 1.13 bits per heavy atom. The summed E-state index contributed by atoms with van der Waals surface area (Å²) >= 11 is 8.58. The summed E-state index contributed by atoms with van der Waals surface area (Å²) in [6.45, 7) is 1.93. The standard InChI is InChI=1S/C8H7N3S.C7H6BrNO.C2H6O.CH4N2S.CH4.BrH/c9-8-11-7(5-12-8)6-3-1-2-4-10-6;8-5-7(10)6-3-1-2-4-9-6;1-2-3;2-1(3)4;;/h1-5H,(H2,9,11);1-4H,5H2;3H,2H2,1H3;(H4,2,3,4);1H4;1H. The van der Waals surface area contributed by atoms with Crippen LogP contribution in [0.3, 0.4) is 0 Å². The van der Waals surface area contributed by atoms with E-state index in [9.17, 15) is 4.79 Å². The summed E-state index contributed by atoms with van der Waals surface area (Å²) in [6.07, 6.45) is 3.35. The number of halogens is 2. The number of Topliss-reactive ketones (excluding diaryl/α,β-unsaturated/α-hetero) is 1. The second-order valence-electron chi connectivity index (χ2n) is 4.78. The number of alkyl halides is 1. The molecule has 0 unspecified atom stereocenters. The first-order chi connectivity index (χ1) is 13.8. The van der Waals surface area contributed by atoms with Crippen LogP contribution in [0.4, 0.5) is 5.13 Å². The van der Waals surface area contributed by atoms with Crippen LogP contribution in [0.15, 0.2) is 54.2 Å². The number of nitrogens with two attached hydrogens (primary N) is 3. The van der Waals surface area contributed by atoms with Crippen molar-refractivity contribution < 1.29 is 9.90 Å². The molecule has 0 aliphatic carbocycles. The molecule has 0 radical (unpaired) electrons. The Labute approximate surface area is 211 Å². The van der Waals surface area contributed by atoms with E-state index in [2.05, 4.69) is 54.6 Å². The molecule has 3 aromatic heterocycles. The summed E-state index contributed by atoms with van der Waals surface area (Å²) in [5.41, 5.74) is 17.0. The molecule has 0 aromatic carbocycles. The molecule has 172 valence electrons. The highest BCUT2D eigenvalue weighted by Gasteiger charge is 2.02. The molecule has 0 fully saturated rings. The first kappa shape index (κ1) is 33.6. The van der Waals surface area contributed by atoms with Crippen LogP contribution >= 0.6 is 56.5 Å². The number of thiazole rings is 1. The van der Waals surface area contributed by atoms with E-state index in [1.165, 1.54) is 11.3 Å². The van der Waals surface area contributed by atoms with Gasteiger partial charge in [-0.05, 0) is 43.4 Å². The smallest absolute Gasteiger partial charge is 0.191 e. The van der Waals surface area contributed by atoms with Crippen LogP contribution < -0.4 is 17.2 Å². The number of rotatable bonds is 3. The summed E-state index contributed by atoms with van der Waals surface area (Å²) in [6, 6.07) is 11.0. The zero-order valence-corrected chi connectivity index (χ0v) is 21.1. The molecular weight excluding hydrogens is 568 g/mol. The molecule has 0 spiro atoms. The van der Waals surface area contributed by atoms with E-state index in [4.69, 9.17) is 10.8 Å². The van der Waals surface area contributed by atoms with Crippen LogP contribution in [0.2, 0.25) is 0 Å². The fourth-order valence-electron chi connectivity index (χ4n) is 1.52. The third-order valence-corrected chi connectivity index (χ3v) is 3.70. The highest BCUT2D eigenvalue weighted by Crippen LogP contribution is 2.20. The molecule has 0 saturated carbocycles. The number of thiocarbonyl (C=S) groups is 1. The maximum Gasteiger partial charge on any atom is 0.191 e. The summed E-state index contributed by atoms with van der Waals surface area (Å²) in [4.78, 5) is 23.0. The van der Waals surface area contributed by atoms with Crippen molar-refractivity contribution in [3.05, 3.63) is 59.9 Å². The summed E-state index contributed by atoms with van der Waals surface area (Å²) < 4.78 is 0. The second-order valence-corrected chi connectivity index (χ2v) is 6.70. The van der Waals surface area contributed by atoms with Gasteiger partial charge >= 0.3 is 0 Å². The van der Waals surface area contributed by atoms with Crippen molar-refractivity contribution in [2.75, 3.05) is 17.7 Å². The van der Waals surface area contributed by atoms with E-state index in [-0.39, 0.29) is 41.9 Å². The lowest BCUT2D eigenvalue weighted by atomic mass is 10.3. The van der Waals surface area contributed by atoms with Gasteiger partial charge < -0.3 is 22.3 Å². The number of carbonyl (C=O) groups excluding carboxylic acids is 1. The van der Waals surface area contributed by atoms with Gasteiger partial charge in [0.05, 0.1) is 11.0 Å². The second kappa shape index (κ2) is 21.2. The molecule has 3 aromatic rings. The van der Waals surface area contributed by atoms with Gasteiger partial charge in [0.15, 0.2) is 16.0 Å². The predicted octanol–water partition coefficient (Wildman–Crippen LogP) is 3.85. The molecule has 8 nitrogen and oxygen atoms in total. The van der Waals surface area contributed by atoms with Crippen LogP contribution in [0.25, 0.3) is 11.4 Å². The van der Waals surface area contributed by atoms with Crippen molar-refractivity contribution in [1.29, 1.82) is 0 Å².